The molecule has 0 aliphatic carbocycles. The third kappa shape index (κ3) is 19.8. The van der Waals surface area contributed by atoms with E-state index >= 15 is 0 Å². The van der Waals surface area contributed by atoms with Gasteiger partial charge in [0.05, 0.1) is 14.2 Å². The Morgan fingerprint density at radius 2 is 0.862 bits per heavy atom. The van der Waals surface area contributed by atoms with E-state index in [4.69, 9.17) is 9.47 Å². The molecule has 318 valence electrons. The van der Waals surface area contributed by atoms with Crippen LogP contribution in [-0.4, -0.2) is 51.8 Å². The number of para-hydroxylation sites is 2. The van der Waals surface area contributed by atoms with Crippen LogP contribution < -0.4 is 25.4 Å². The Balaban J connectivity index is 1.05. The zero-order chi connectivity index (χ0) is 40.7. The summed E-state index contributed by atoms with van der Waals surface area (Å²) in [5.41, 5.74) is 8.04. The lowest BCUT2D eigenvalue weighted by molar-refractivity contribution is 0.248. The topological polar surface area (TPSA) is 57.8 Å². The van der Waals surface area contributed by atoms with Crippen LogP contribution >= 0.6 is 0 Å². The van der Waals surface area contributed by atoms with Gasteiger partial charge < -0.3 is 25.4 Å². The smallest absolute Gasteiger partial charge is 0.123 e. The number of methoxy groups -OCH3 is 2. The molecule has 0 aliphatic rings. The molecule has 6 nitrogen and oxygen atoms in total. The van der Waals surface area contributed by atoms with Crippen LogP contribution in [0.5, 0.6) is 11.5 Å². The minimum atomic E-state index is 0.862. The van der Waals surface area contributed by atoms with Crippen molar-refractivity contribution in [3.8, 4) is 11.5 Å². The first-order valence-corrected chi connectivity index (χ1v) is 22.9. The quantitative estimate of drug-likeness (QED) is 0.0410. The molecule has 0 saturated heterocycles. The molecule has 0 bridgehead atoms. The average molecular weight is 791 g/mol. The molecule has 0 aliphatic heterocycles. The number of benzene rings is 4. The summed E-state index contributed by atoms with van der Waals surface area (Å²) in [6.07, 6.45) is 20.5. The van der Waals surface area contributed by atoms with Crippen LogP contribution in [0.25, 0.3) is 0 Å². The van der Waals surface area contributed by atoms with Gasteiger partial charge in [-0.1, -0.05) is 156 Å². The Bertz CT molecular complexity index is 1630. The molecular formula is C52H78N4O2. The summed E-state index contributed by atoms with van der Waals surface area (Å²) in [5.74, 6) is 1.98. The van der Waals surface area contributed by atoms with Gasteiger partial charge in [-0.2, -0.15) is 0 Å². The monoisotopic (exact) mass is 791 g/mol. The molecule has 0 radical (unpaired) electrons. The van der Waals surface area contributed by atoms with Crippen molar-refractivity contribution < 1.29 is 9.47 Å². The molecular weight excluding hydrogens is 713 g/mol. The SMILES string of the molecule is CCCCCCCCCN(CCCCCCNCc1cccc(Cc2cccc(CNCCCCCCNCc3ccccc3OC)c2)c1)Cc1ccccc1OC. The summed E-state index contributed by atoms with van der Waals surface area (Å²) in [4.78, 5) is 2.66. The highest BCUT2D eigenvalue weighted by Gasteiger charge is 2.10. The zero-order valence-corrected chi connectivity index (χ0v) is 36.7. The minimum absolute atomic E-state index is 0.862. The lowest BCUT2D eigenvalue weighted by Gasteiger charge is -2.23. The molecule has 0 saturated carbocycles. The maximum absolute atomic E-state index is 5.68. The van der Waals surface area contributed by atoms with Gasteiger partial charge in [-0.15, -0.1) is 0 Å². The maximum atomic E-state index is 5.68. The average Bonchev–Trinajstić information content (AvgIpc) is 3.25. The molecule has 4 rings (SSSR count). The molecule has 0 spiro atoms. The molecule has 0 atom stereocenters. The number of nitrogens with one attached hydrogen (secondary N) is 3. The maximum Gasteiger partial charge on any atom is 0.123 e. The lowest BCUT2D eigenvalue weighted by Crippen LogP contribution is -2.26. The predicted molar refractivity (Wildman–Crippen MR) is 247 cm³/mol. The van der Waals surface area contributed by atoms with Crippen molar-refractivity contribution in [3.63, 3.8) is 0 Å². The first-order valence-electron chi connectivity index (χ1n) is 22.9. The second-order valence-electron chi connectivity index (χ2n) is 16.2. The Morgan fingerprint density at radius 3 is 1.40 bits per heavy atom. The van der Waals surface area contributed by atoms with Crippen LogP contribution in [0.1, 0.15) is 137 Å². The van der Waals surface area contributed by atoms with Gasteiger partial charge in [-0.25, -0.2) is 0 Å². The van der Waals surface area contributed by atoms with Crippen molar-refractivity contribution in [2.75, 3.05) is 46.9 Å². The van der Waals surface area contributed by atoms with Crippen LogP contribution in [0.15, 0.2) is 97.1 Å². The summed E-state index contributed by atoms with van der Waals surface area (Å²) >= 11 is 0. The minimum Gasteiger partial charge on any atom is -0.496 e. The summed E-state index contributed by atoms with van der Waals surface area (Å²) < 4.78 is 11.1. The predicted octanol–water partition coefficient (Wildman–Crippen LogP) is 11.6. The highest BCUT2D eigenvalue weighted by atomic mass is 16.5. The largest absolute Gasteiger partial charge is 0.496 e. The third-order valence-corrected chi connectivity index (χ3v) is 11.3. The van der Waals surface area contributed by atoms with Crippen molar-refractivity contribution in [1.29, 1.82) is 0 Å². The highest BCUT2D eigenvalue weighted by molar-refractivity contribution is 5.34. The van der Waals surface area contributed by atoms with Gasteiger partial charge in [-0.3, -0.25) is 4.90 Å². The van der Waals surface area contributed by atoms with Crippen LogP contribution in [0.3, 0.4) is 0 Å². The van der Waals surface area contributed by atoms with Gasteiger partial charge in [0.25, 0.3) is 0 Å². The molecule has 0 fully saturated rings. The Hall–Kier alpha value is -3.68. The number of hydrogen-bond acceptors (Lipinski definition) is 6. The van der Waals surface area contributed by atoms with Crippen LogP contribution in [0.2, 0.25) is 0 Å². The van der Waals surface area contributed by atoms with Gasteiger partial charge in [0, 0.05) is 37.3 Å². The van der Waals surface area contributed by atoms with E-state index in [2.05, 4.69) is 113 Å². The van der Waals surface area contributed by atoms with E-state index in [1.807, 2.05) is 12.1 Å². The van der Waals surface area contributed by atoms with E-state index in [1.165, 1.54) is 143 Å². The second kappa shape index (κ2) is 30.4. The Morgan fingerprint density at radius 1 is 0.431 bits per heavy atom. The Labute approximate surface area is 353 Å². The molecule has 0 heterocycles. The van der Waals surface area contributed by atoms with Gasteiger partial charge in [-0.05, 0) is 106 Å². The van der Waals surface area contributed by atoms with Crippen molar-refractivity contribution in [1.82, 2.24) is 20.9 Å². The van der Waals surface area contributed by atoms with Crippen LogP contribution in [0.4, 0.5) is 0 Å². The van der Waals surface area contributed by atoms with Crippen molar-refractivity contribution >= 4 is 0 Å². The summed E-state index contributed by atoms with van der Waals surface area (Å²) in [5, 5.41) is 11.0. The lowest BCUT2D eigenvalue weighted by atomic mass is 10.0. The fraction of sp³-hybridized carbons (Fsp3) is 0.538. The number of nitrogens with zero attached hydrogens (tertiary/aromatic N) is 1. The first kappa shape index (κ1) is 47.0. The van der Waals surface area contributed by atoms with E-state index < -0.39 is 0 Å². The standard InChI is InChI=1S/C52H78N4O2/c1-4-5-6-7-8-12-21-36-56(44-50-30-15-17-32-52(50)58-3)37-22-13-11-20-34-54-42-48-28-24-26-46(40-48)38-45-25-23-27-47(39-45)41-53-33-18-9-10-19-35-55-43-49-29-14-16-31-51(49)57-2/h14-17,23-32,39-40,53-55H,4-13,18-22,33-38,41-44H2,1-3H3. The molecule has 0 aromatic heterocycles. The second-order valence-corrected chi connectivity index (χ2v) is 16.2. The molecule has 6 heteroatoms. The number of unbranched alkanes of at least 4 members (excludes halogenated alkanes) is 12. The van der Waals surface area contributed by atoms with Crippen LogP contribution in [-0.2, 0) is 32.6 Å². The van der Waals surface area contributed by atoms with E-state index in [1.54, 1.807) is 14.2 Å². The van der Waals surface area contributed by atoms with Crippen molar-refractivity contribution in [3.05, 3.63) is 130 Å². The first-order chi connectivity index (χ1) is 28.7. The highest BCUT2D eigenvalue weighted by Crippen LogP contribution is 2.21. The molecule has 0 unspecified atom stereocenters. The molecule has 4 aromatic carbocycles. The molecule has 4 aromatic rings. The Kier molecular flexibility index (Phi) is 24.6. The van der Waals surface area contributed by atoms with E-state index in [0.717, 1.165) is 63.7 Å². The summed E-state index contributed by atoms with van der Waals surface area (Å²) in [7, 11) is 3.53. The molecule has 0 amide bonds. The van der Waals surface area contributed by atoms with Crippen molar-refractivity contribution in [2.45, 2.75) is 136 Å². The molecule has 3 N–H and O–H groups in total. The van der Waals surface area contributed by atoms with Gasteiger partial charge in [0.2, 0.25) is 0 Å². The summed E-state index contributed by atoms with van der Waals surface area (Å²) in [6, 6.07) is 35.0. The van der Waals surface area contributed by atoms with Crippen LogP contribution in [0, 0.1) is 0 Å². The third-order valence-electron chi connectivity index (χ3n) is 11.3. The van der Waals surface area contributed by atoms with Crippen molar-refractivity contribution in [2.24, 2.45) is 0 Å². The van der Waals surface area contributed by atoms with Gasteiger partial charge >= 0.3 is 0 Å². The van der Waals surface area contributed by atoms with Gasteiger partial charge in [0.1, 0.15) is 11.5 Å². The normalized spacial score (nSPS) is 11.4. The van der Waals surface area contributed by atoms with E-state index in [-0.39, 0.29) is 0 Å². The summed E-state index contributed by atoms with van der Waals surface area (Å²) in [6.45, 7) is 11.5. The van der Waals surface area contributed by atoms with E-state index in [0.29, 0.717) is 0 Å². The number of rotatable bonds is 34. The van der Waals surface area contributed by atoms with Gasteiger partial charge in [0.15, 0.2) is 0 Å². The number of ether oxygens (including phenoxy) is 2. The van der Waals surface area contributed by atoms with E-state index in [9.17, 15) is 0 Å². The zero-order valence-electron chi connectivity index (χ0n) is 36.7. The fourth-order valence-electron chi connectivity index (χ4n) is 7.90. The number of hydrogen-bond donors (Lipinski definition) is 3. The molecule has 58 heavy (non-hydrogen) atoms. The fourth-order valence-corrected chi connectivity index (χ4v) is 7.90.